The molecule has 2 unspecified atom stereocenters. The molecule has 1 aromatic rings. The van der Waals surface area contributed by atoms with Crippen LogP contribution in [0, 0.1) is 5.92 Å². The maximum absolute atomic E-state index is 12.3. The van der Waals surface area contributed by atoms with Gasteiger partial charge in [-0.25, -0.2) is 0 Å². The van der Waals surface area contributed by atoms with Crippen LogP contribution in [0.4, 0.5) is 11.4 Å². The number of amides is 1. The molecule has 1 saturated heterocycles. The Balaban J connectivity index is 1.45. The number of rotatable bonds is 6. The third-order valence-electron chi connectivity index (χ3n) is 5.45. The molecule has 0 spiro atoms. The monoisotopic (exact) mass is 345 g/mol. The molecule has 1 aromatic carbocycles. The quantitative estimate of drug-likeness (QED) is 0.832. The Morgan fingerprint density at radius 3 is 2.52 bits per heavy atom. The summed E-state index contributed by atoms with van der Waals surface area (Å²) in [6.45, 7) is 3.40. The Kier molecular flexibility index (Phi) is 6.32. The van der Waals surface area contributed by atoms with E-state index >= 15 is 0 Å². The first kappa shape index (κ1) is 18.2. The van der Waals surface area contributed by atoms with Crippen molar-refractivity contribution < 1.29 is 9.90 Å². The summed E-state index contributed by atoms with van der Waals surface area (Å²) in [6.07, 6.45) is 6.58. The zero-order chi connectivity index (χ0) is 17.6. The SMILES string of the molecule is CN(CC(=O)Nc1ccc(N2CCCC2)cc1)CC1CCCCC1O. The molecule has 3 rings (SSSR count). The first-order valence-electron chi connectivity index (χ1n) is 9.63. The summed E-state index contributed by atoms with van der Waals surface area (Å²) >= 11 is 0. The molecule has 1 saturated carbocycles. The summed E-state index contributed by atoms with van der Waals surface area (Å²) in [4.78, 5) is 16.7. The lowest BCUT2D eigenvalue weighted by Gasteiger charge is -2.30. The van der Waals surface area contributed by atoms with Crippen molar-refractivity contribution in [3.63, 3.8) is 0 Å². The van der Waals surface area contributed by atoms with Gasteiger partial charge >= 0.3 is 0 Å². The van der Waals surface area contributed by atoms with Crippen LogP contribution >= 0.6 is 0 Å². The van der Waals surface area contributed by atoms with Gasteiger partial charge in [-0.2, -0.15) is 0 Å². The summed E-state index contributed by atoms with van der Waals surface area (Å²) in [5, 5.41) is 13.0. The minimum absolute atomic E-state index is 0.00159. The Morgan fingerprint density at radius 2 is 1.84 bits per heavy atom. The highest BCUT2D eigenvalue weighted by Crippen LogP contribution is 2.25. The molecule has 5 heteroatoms. The lowest BCUT2D eigenvalue weighted by molar-refractivity contribution is -0.117. The van der Waals surface area contributed by atoms with Crippen molar-refractivity contribution in [3.8, 4) is 0 Å². The van der Waals surface area contributed by atoms with Crippen LogP contribution in [-0.2, 0) is 4.79 Å². The third kappa shape index (κ3) is 5.19. The van der Waals surface area contributed by atoms with E-state index in [1.54, 1.807) is 0 Å². The van der Waals surface area contributed by atoms with E-state index in [-0.39, 0.29) is 12.0 Å². The van der Waals surface area contributed by atoms with Gasteiger partial charge in [0.05, 0.1) is 12.6 Å². The molecule has 2 N–H and O–H groups in total. The number of likely N-dealkylation sites (N-methyl/N-ethyl adjacent to an activating group) is 1. The fourth-order valence-electron chi connectivity index (χ4n) is 4.04. The van der Waals surface area contributed by atoms with Crippen molar-refractivity contribution in [2.75, 3.05) is 43.4 Å². The largest absolute Gasteiger partial charge is 0.393 e. The van der Waals surface area contributed by atoms with Crippen molar-refractivity contribution in [3.05, 3.63) is 24.3 Å². The molecule has 138 valence electrons. The van der Waals surface area contributed by atoms with Crippen molar-refractivity contribution in [1.29, 1.82) is 0 Å². The molecule has 0 bridgehead atoms. The Morgan fingerprint density at radius 1 is 1.16 bits per heavy atom. The number of hydrogen-bond donors (Lipinski definition) is 2. The van der Waals surface area contributed by atoms with Gasteiger partial charge in [0.15, 0.2) is 0 Å². The van der Waals surface area contributed by atoms with Crippen LogP contribution in [0.25, 0.3) is 0 Å². The van der Waals surface area contributed by atoms with Gasteiger partial charge in [-0.3, -0.25) is 9.69 Å². The zero-order valence-electron chi connectivity index (χ0n) is 15.3. The molecule has 5 nitrogen and oxygen atoms in total. The molecule has 2 atom stereocenters. The first-order chi connectivity index (χ1) is 12.1. The van der Waals surface area contributed by atoms with Gasteiger partial charge in [-0.05, 0) is 62.9 Å². The number of carbonyl (C=O) groups is 1. The number of anilines is 2. The van der Waals surface area contributed by atoms with E-state index in [1.165, 1.54) is 24.9 Å². The molecule has 1 amide bonds. The van der Waals surface area contributed by atoms with Gasteiger partial charge in [-0.15, -0.1) is 0 Å². The summed E-state index contributed by atoms with van der Waals surface area (Å²) in [5.74, 6) is 0.299. The highest BCUT2D eigenvalue weighted by atomic mass is 16.3. The summed E-state index contributed by atoms with van der Waals surface area (Å²) in [6, 6.07) is 8.14. The number of carbonyl (C=O) groups excluding carboxylic acids is 1. The van der Waals surface area contributed by atoms with Crippen LogP contribution in [0.3, 0.4) is 0 Å². The number of aliphatic hydroxyl groups is 1. The summed E-state index contributed by atoms with van der Waals surface area (Å²) in [5.41, 5.74) is 2.08. The topological polar surface area (TPSA) is 55.8 Å². The number of hydrogen-bond acceptors (Lipinski definition) is 4. The molecule has 0 aromatic heterocycles. The molecule has 1 heterocycles. The smallest absolute Gasteiger partial charge is 0.238 e. The lowest BCUT2D eigenvalue weighted by atomic mass is 9.86. The van der Waals surface area contributed by atoms with Crippen molar-refractivity contribution in [2.45, 2.75) is 44.6 Å². The average Bonchev–Trinajstić information content (AvgIpc) is 3.12. The van der Waals surface area contributed by atoms with Crippen molar-refractivity contribution in [1.82, 2.24) is 4.90 Å². The van der Waals surface area contributed by atoms with Crippen LogP contribution < -0.4 is 10.2 Å². The maximum atomic E-state index is 12.3. The number of nitrogens with one attached hydrogen (secondary N) is 1. The Hall–Kier alpha value is -1.59. The second kappa shape index (κ2) is 8.68. The van der Waals surface area contributed by atoms with Gasteiger partial charge < -0.3 is 15.3 Å². The van der Waals surface area contributed by atoms with E-state index < -0.39 is 0 Å². The maximum Gasteiger partial charge on any atom is 0.238 e. The fraction of sp³-hybridized carbons (Fsp3) is 0.650. The van der Waals surface area contributed by atoms with E-state index in [4.69, 9.17) is 0 Å². The molecule has 25 heavy (non-hydrogen) atoms. The molecule has 2 aliphatic rings. The fourth-order valence-corrected chi connectivity index (χ4v) is 4.04. The van der Waals surface area contributed by atoms with Gasteiger partial charge in [0.1, 0.15) is 0 Å². The van der Waals surface area contributed by atoms with Crippen LogP contribution in [-0.4, -0.2) is 55.2 Å². The van der Waals surface area contributed by atoms with E-state index in [0.29, 0.717) is 12.5 Å². The second-order valence-electron chi connectivity index (χ2n) is 7.60. The molecule has 2 fully saturated rings. The van der Waals surface area contributed by atoms with Gasteiger partial charge in [0.2, 0.25) is 5.91 Å². The summed E-state index contributed by atoms with van der Waals surface area (Å²) in [7, 11) is 1.96. The van der Waals surface area contributed by atoms with Crippen molar-refractivity contribution >= 4 is 17.3 Å². The zero-order valence-corrected chi connectivity index (χ0v) is 15.3. The minimum Gasteiger partial charge on any atom is -0.393 e. The molecule has 1 aliphatic carbocycles. The third-order valence-corrected chi connectivity index (χ3v) is 5.45. The Labute approximate surface area is 151 Å². The normalized spacial score (nSPS) is 23.9. The van der Waals surface area contributed by atoms with Crippen LogP contribution in [0.15, 0.2) is 24.3 Å². The highest BCUT2D eigenvalue weighted by Gasteiger charge is 2.24. The van der Waals surface area contributed by atoms with Gasteiger partial charge in [0.25, 0.3) is 0 Å². The number of benzene rings is 1. The molecule has 1 aliphatic heterocycles. The summed E-state index contributed by atoms with van der Waals surface area (Å²) < 4.78 is 0. The predicted octanol–water partition coefficient (Wildman–Crippen LogP) is 2.71. The van der Waals surface area contributed by atoms with E-state index in [2.05, 4.69) is 22.3 Å². The van der Waals surface area contributed by atoms with Crippen LogP contribution in [0.5, 0.6) is 0 Å². The average molecular weight is 345 g/mol. The Bertz CT molecular complexity index is 555. The van der Waals surface area contributed by atoms with E-state index in [0.717, 1.165) is 44.6 Å². The minimum atomic E-state index is -0.211. The molecular weight excluding hydrogens is 314 g/mol. The first-order valence-corrected chi connectivity index (χ1v) is 9.63. The van der Waals surface area contributed by atoms with Crippen LogP contribution in [0.2, 0.25) is 0 Å². The highest BCUT2D eigenvalue weighted by molar-refractivity contribution is 5.92. The van der Waals surface area contributed by atoms with E-state index in [9.17, 15) is 9.90 Å². The van der Waals surface area contributed by atoms with Gasteiger partial charge in [-0.1, -0.05) is 12.8 Å². The lowest BCUT2D eigenvalue weighted by Crippen LogP contribution is -2.38. The van der Waals surface area contributed by atoms with Gasteiger partial charge in [0, 0.05) is 31.0 Å². The predicted molar refractivity (Wildman–Crippen MR) is 102 cm³/mol. The molecule has 0 radical (unpaired) electrons. The standard InChI is InChI=1S/C20H31N3O2/c1-22(14-16-6-2-3-7-19(16)24)15-20(25)21-17-8-10-18(11-9-17)23-12-4-5-13-23/h8-11,16,19,24H,2-7,12-15H2,1H3,(H,21,25). The van der Waals surface area contributed by atoms with Crippen molar-refractivity contribution in [2.24, 2.45) is 5.92 Å². The van der Waals surface area contributed by atoms with Crippen LogP contribution in [0.1, 0.15) is 38.5 Å². The second-order valence-corrected chi connectivity index (χ2v) is 7.60. The number of aliphatic hydroxyl groups excluding tert-OH is 1. The van der Waals surface area contributed by atoms with E-state index in [1.807, 2.05) is 24.1 Å². The number of nitrogens with zero attached hydrogens (tertiary/aromatic N) is 2. The molecular formula is C20H31N3O2.